The van der Waals surface area contributed by atoms with Crippen molar-refractivity contribution in [2.45, 2.75) is 36.6 Å². The first-order valence-corrected chi connectivity index (χ1v) is 6.97. The normalized spacial score (nSPS) is 11.7. The minimum absolute atomic E-state index is 0.0542. The van der Waals surface area contributed by atoms with Gasteiger partial charge in [0.15, 0.2) is 5.69 Å². The van der Waals surface area contributed by atoms with E-state index in [1.165, 1.54) is 0 Å². The Labute approximate surface area is 123 Å². The molecule has 2 heterocycles. The van der Waals surface area contributed by atoms with Crippen molar-refractivity contribution in [1.29, 1.82) is 0 Å². The predicted molar refractivity (Wildman–Crippen MR) is 71.1 cm³/mol. The molecule has 0 spiro atoms. The molecule has 2 N–H and O–H groups in total. The molecular formula is C11H13F3N6S. The molecule has 0 atom stereocenters. The number of nitrogens with one attached hydrogen (secondary N) is 2. The summed E-state index contributed by atoms with van der Waals surface area (Å²) in [6.45, 7) is 4.09. The second-order valence-corrected chi connectivity index (χ2v) is 5.13. The van der Waals surface area contributed by atoms with E-state index in [0.29, 0.717) is 17.5 Å². The highest BCUT2D eigenvalue weighted by Gasteiger charge is 2.33. The summed E-state index contributed by atoms with van der Waals surface area (Å²) < 4.78 is 38.5. The van der Waals surface area contributed by atoms with Crippen molar-refractivity contribution < 1.29 is 13.2 Å². The second-order valence-electron chi connectivity index (χ2n) is 4.15. The molecule has 0 fully saturated rings. The van der Waals surface area contributed by atoms with Crippen molar-refractivity contribution in [2.75, 3.05) is 11.9 Å². The number of hydrogen-bond acceptors (Lipinski definition) is 6. The fraction of sp³-hybridized carbons (Fsp3) is 0.455. The number of aromatic nitrogens is 5. The van der Waals surface area contributed by atoms with Gasteiger partial charge in [-0.2, -0.15) is 13.2 Å². The Kier molecular flexibility index (Phi) is 4.66. The Bertz CT molecular complexity index is 612. The van der Waals surface area contributed by atoms with Gasteiger partial charge in [-0.25, -0.2) is 15.0 Å². The first-order valence-electron chi connectivity index (χ1n) is 6.15. The van der Waals surface area contributed by atoms with Crippen molar-refractivity contribution in [2.24, 2.45) is 0 Å². The highest BCUT2D eigenvalue weighted by atomic mass is 32.2. The number of aryl methyl sites for hydroxylation is 1. The monoisotopic (exact) mass is 318 g/mol. The number of halogens is 3. The SMILES string of the molecule is CCCNc1nc(Sc2n[nH]c(C)n2)cc(C(F)(F)F)n1. The Morgan fingerprint density at radius 1 is 1.29 bits per heavy atom. The molecule has 2 aromatic heterocycles. The van der Waals surface area contributed by atoms with Crippen LogP contribution >= 0.6 is 11.8 Å². The van der Waals surface area contributed by atoms with E-state index in [1.807, 2.05) is 6.92 Å². The van der Waals surface area contributed by atoms with E-state index in [9.17, 15) is 13.2 Å². The highest BCUT2D eigenvalue weighted by molar-refractivity contribution is 7.99. The number of hydrogen-bond donors (Lipinski definition) is 2. The molecule has 0 aliphatic heterocycles. The van der Waals surface area contributed by atoms with Gasteiger partial charge >= 0.3 is 6.18 Å². The lowest BCUT2D eigenvalue weighted by Gasteiger charge is -2.10. The van der Waals surface area contributed by atoms with Gasteiger partial charge in [0.25, 0.3) is 0 Å². The molecule has 10 heteroatoms. The van der Waals surface area contributed by atoms with Gasteiger partial charge in [-0.3, -0.25) is 5.10 Å². The maximum atomic E-state index is 12.8. The Balaban J connectivity index is 2.30. The van der Waals surface area contributed by atoms with E-state index in [-0.39, 0.29) is 11.0 Å². The Morgan fingerprint density at radius 3 is 2.62 bits per heavy atom. The van der Waals surface area contributed by atoms with Crippen LogP contribution in [0.5, 0.6) is 0 Å². The molecule has 0 bridgehead atoms. The van der Waals surface area contributed by atoms with Gasteiger partial charge in [0.05, 0.1) is 0 Å². The number of anilines is 1. The third-order valence-corrected chi connectivity index (χ3v) is 3.08. The topological polar surface area (TPSA) is 79.4 Å². The van der Waals surface area contributed by atoms with Crippen molar-refractivity contribution >= 4 is 17.7 Å². The van der Waals surface area contributed by atoms with Gasteiger partial charge in [-0.05, 0) is 25.1 Å². The van der Waals surface area contributed by atoms with Gasteiger partial charge in [0, 0.05) is 12.6 Å². The number of aromatic amines is 1. The quantitative estimate of drug-likeness (QED) is 0.825. The average molecular weight is 318 g/mol. The molecule has 0 aliphatic carbocycles. The third kappa shape index (κ3) is 4.31. The third-order valence-electron chi connectivity index (χ3n) is 2.30. The minimum atomic E-state index is -4.53. The summed E-state index contributed by atoms with van der Waals surface area (Å²) in [5, 5.41) is 9.67. The van der Waals surface area contributed by atoms with Crippen LogP contribution in [0.1, 0.15) is 24.9 Å². The maximum Gasteiger partial charge on any atom is 0.433 e. The van der Waals surface area contributed by atoms with E-state index in [0.717, 1.165) is 24.2 Å². The average Bonchev–Trinajstić information content (AvgIpc) is 2.80. The smallest absolute Gasteiger partial charge is 0.354 e. The van der Waals surface area contributed by atoms with Crippen LogP contribution in [0.4, 0.5) is 19.1 Å². The molecule has 0 aromatic carbocycles. The van der Waals surface area contributed by atoms with Gasteiger partial charge in [-0.15, -0.1) is 5.10 Å². The van der Waals surface area contributed by atoms with E-state index < -0.39 is 11.9 Å². The van der Waals surface area contributed by atoms with Gasteiger partial charge in [-0.1, -0.05) is 6.92 Å². The standard InChI is InChI=1S/C11H13F3N6S/c1-3-4-15-9-17-7(11(12,13)14)5-8(18-9)21-10-16-6(2)19-20-10/h5H,3-4H2,1-2H3,(H,15,17,18)(H,16,19,20). The van der Waals surface area contributed by atoms with E-state index >= 15 is 0 Å². The van der Waals surface area contributed by atoms with Crippen LogP contribution in [0.25, 0.3) is 0 Å². The van der Waals surface area contributed by atoms with Crippen molar-refractivity contribution in [1.82, 2.24) is 25.1 Å². The zero-order chi connectivity index (χ0) is 15.5. The first-order chi connectivity index (χ1) is 9.88. The van der Waals surface area contributed by atoms with Gasteiger partial charge in [0.2, 0.25) is 11.1 Å². The maximum absolute atomic E-state index is 12.8. The van der Waals surface area contributed by atoms with Crippen LogP contribution in [0, 0.1) is 6.92 Å². The van der Waals surface area contributed by atoms with Crippen LogP contribution in [-0.4, -0.2) is 31.7 Å². The zero-order valence-electron chi connectivity index (χ0n) is 11.3. The summed E-state index contributed by atoms with van der Waals surface area (Å²) in [5.74, 6) is 0.522. The molecule has 6 nitrogen and oxygen atoms in total. The van der Waals surface area contributed by atoms with Crippen LogP contribution in [0.2, 0.25) is 0 Å². The Hall–Kier alpha value is -1.84. The van der Waals surface area contributed by atoms with Crippen molar-refractivity contribution in [3.05, 3.63) is 17.6 Å². The molecule has 2 rings (SSSR count). The number of rotatable bonds is 5. The molecule has 21 heavy (non-hydrogen) atoms. The fourth-order valence-corrected chi connectivity index (χ4v) is 2.16. The van der Waals surface area contributed by atoms with E-state index in [4.69, 9.17) is 0 Å². The van der Waals surface area contributed by atoms with Crippen molar-refractivity contribution in [3.63, 3.8) is 0 Å². The fourth-order valence-electron chi connectivity index (χ4n) is 1.40. The molecule has 0 aliphatic rings. The van der Waals surface area contributed by atoms with Crippen LogP contribution in [-0.2, 0) is 6.18 Å². The van der Waals surface area contributed by atoms with Crippen LogP contribution < -0.4 is 5.32 Å². The lowest BCUT2D eigenvalue weighted by Crippen LogP contribution is -2.13. The predicted octanol–water partition coefficient (Wildman–Crippen LogP) is 2.90. The molecule has 0 unspecified atom stereocenters. The summed E-state index contributed by atoms with van der Waals surface area (Å²) in [7, 11) is 0. The number of nitrogens with zero attached hydrogens (tertiary/aromatic N) is 4. The van der Waals surface area contributed by atoms with Gasteiger partial charge in [0.1, 0.15) is 10.9 Å². The summed E-state index contributed by atoms with van der Waals surface area (Å²) in [6, 6.07) is 0.882. The minimum Gasteiger partial charge on any atom is -0.354 e. The molecule has 0 amide bonds. The lowest BCUT2D eigenvalue weighted by atomic mass is 10.4. The summed E-state index contributed by atoms with van der Waals surface area (Å²) >= 11 is 0.942. The van der Waals surface area contributed by atoms with Gasteiger partial charge < -0.3 is 5.32 Å². The molecule has 2 aromatic rings. The molecular weight excluding hydrogens is 305 g/mol. The first kappa shape index (κ1) is 15.5. The molecule has 0 saturated heterocycles. The summed E-state index contributed by atoms with van der Waals surface area (Å²) in [6.07, 6.45) is -3.78. The molecule has 114 valence electrons. The van der Waals surface area contributed by atoms with E-state index in [2.05, 4.69) is 30.5 Å². The molecule has 0 saturated carbocycles. The Morgan fingerprint density at radius 2 is 2.05 bits per heavy atom. The highest BCUT2D eigenvalue weighted by Crippen LogP contribution is 2.32. The number of alkyl halides is 3. The summed E-state index contributed by atoms with van der Waals surface area (Å²) in [5.41, 5.74) is -0.995. The lowest BCUT2D eigenvalue weighted by molar-refractivity contribution is -0.141. The number of H-pyrrole nitrogens is 1. The van der Waals surface area contributed by atoms with Crippen LogP contribution in [0.3, 0.4) is 0 Å². The van der Waals surface area contributed by atoms with Crippen molar-refractivity contribution in [3.8, 4) is 0 Å². The van der Waals surface area contributed by atoms with E-state index in [1.54, 1.807) is 6.92 Å². The second kappa shape index (κ2) is 6.29. The summed E-state index contributed by atoms with van der Waals surface area (Å²) in [4.78, 5) is 11.5. The molecule has 0 radical (unpaired) electrons. The zero-order valence-corrected chi connectivity index (χ0v) is 12.1. The largest absolute Gasteiger partial charge is 0.433 e. The van der Waals surface area contributed by atoms with Crippen LogP contribution in [0.15, 0.2) is 16.2 Å².